The Morgan fingerprint density at radius 3 is 2.89 bits per heavy atom. The van der Waals surface area contributed by atoms with E-state index in [1.807, 2.05) is 12.4 Å². The molecule has 2 heterocycles. The fourth-order valence-electron chi connectivity index (χ4n) is 1.38. The van der Waals surface area contributed by atoms with Crippen molar-refractivity contribution in [3.05, 3.63) is 30.1 Å². The Balaban J connectivity index is 1.75. The van der Waals surface area contributed by atoms with Crippen LogP contribution in [0.5, 0.6) is 0 Å². The van der Waals surface area contributed by atoms with Gasteiger partial charge in [0.15, 0.2) is 4.34 Å². The van der Waals surface area contributed by atoms with E-state index in [4.69, 9.17) is 0 Å². The second-order valence-electron chi connectivity index (χ2n) is 3.75. The highest BCUT2D eigenvalue weighted by Crippen LogP contribution is 2.25. The molecule has 18 heavy (non-hydrogen) atoms. The minimum absolute atomic E-state index is 0.920. The first-order valence-corrected chi connectivity index (χ1v) is 7.77. The molecular weight excluding hydrogens is 264 g/mol. The summed E-state index contributed by atoms with van der Waals surface area (Å²) in [6.07, 6.45) is 5.80. The first kappa shape index (κ1) is 13.3. The van der Waals surface area contributed by atoms with E-state index >= 15 is 0 Å². The summed E-state index contributed by atoms with van der Waals surface area (Å²) in [5, 5.41) is 12.4. The molecule has 0 saturated heterocycles. The van der Waals surface area contributed by atoms with Gasteiger partial charge in [0.05, 0.1) is 0 Å². The van der Waals surface area contributed by atoms with Crippen molar-refractivity contribution >= 4 is 28.2 Å². The quantitative estimate of drug-likeness (QED) is 0.790. The third-order valence-corrected chi connectivity index (χ3v) is 4.31. The van der Waals surface area contributed by atoms with Crippen LogP contribution >= 0.6 is 23.1 Å². The van der Waals surface area contributed by atoms with Crippen molar-refractivity contribution in [3.8, 4) is 0 Å². The predicted molar refractivity (Wildman–Crippen MR) is 77.4 cm³/mol. The molecule has 0 aromatic carbocycles. The van der Waals surface area contributed by atoms with Gasteiger partial charge in [0.2, 0.25) is 5.13 Å². The summed E-state index contributed by atoms with van der Waals surface area (Å²) < 4.78 is 1.03. The molecule has 2 aromatic heterocycles. The molecule has 0 fully saturated rings. The summed E-state index contributed by atoms with van der Waals surface area (Å²) in [6, 6.07) is 4.10. The molecule has 0 amide bonds. The van der Waals surface area contributed by atoms with Crippen LogP contribution in [0.1, 0.15) is 18.9 Å². The number of aromatic nitrogens is 3. The molecule has 0 aliphatic rings. The van der Waals surface area contributed by atoms with Crippen molar-refractivity contribution in [2.24, 2.45) is 0 Å². The first-order chi connectivity index (χ1) is 8.88. The number of hydrogen-bond acceptors (Lipinski definition) is 6. The van der Waals surface area contributed by atoms with Crippen LogP contribution in [0, 0.1) is 0 Å². The lowest BCUT2D eigenvalue weighted by molar-refractivity contribution is 0.951. The molecule has 2 aromatic rings. The average molecular weight is 280 g/mol. The average Bonchev–Trinajstić information content (AvgIpc) is 2.85. The maximum Gasteiger partial charge on any atom is 0.206 e. The zero-order valence-electron chi connectivity index (χ0n) is 10.3. The lowest BCUT2D eigenvalue weighted by Crippen LogP contribution is -1.98. The smallest absolute Gasteiger partial charge is 0.206 e. The van der Waals surface area contributed by atoms with E-state index in [1.165, 1.54) is 5.56 Å². The van der Waals surface area contributed by atoms with Crippen molar-refractivity contribution in [2.45, 2.75) is 24.1 Å². The van der Waals surface area contributed by atoms with Crippen molar-refractivity contribution < 1.29 is 0 Å². The molecule has 2 rings (SSSR count). The van der Waals surface area contributed by atoms with E-state index in [0.29, 0.717) is 0 Å². The van der Waals surface area contributed by atoms with E-state index in [-0.39, 0.29) is 0 Å². The Bertz CT molecular complexity index is 458. The first-order valence-electron chi connectivity index (χ1n) is 5.97. The fraction of sp³-hybridized carbons (Fsp3) is 0.417. The van der Waals surface area contributed by atoms with Gasteiger partial charge in [-0.15, -0.1) is 10.2 Å². The van der Waals surface area contributed by atoms with Crippen molar-refractivity contribution in [2.75, 3.05) is 17.6 Å². The topological polar surface area (TPSA) is 50.7 Å². The van der Waals surface area contributed by atoms with E-state index in [1.54, 1.807) is 23.1 Å². The lowest BCUT2D eigenvalue weighted by Gasteiger charge is -1.98. The third kappa shape index (κ3) is 4.27. The van der Waals surface area contributed by atoms with Crippen molar-refractivity contribution in [1.29, 1.82) is 0 Å². The van der Waals surface area contributed by atoms with Gasteiger partial charge in [-0.3, -0.25) is 4.98 Å². The molecule has 0 saturated carbocycles. The van der Waals surface area contributed by atoms with E-state index in [0.717, 1.165) is 34.6 Å². The van der Waals surface area contributed by atoms with Gasteiger partial charge in [-0.05, 0) is 30.5 Å². The van der Waals surface area contributed by atoms with Gasteiger partial charge in [-0.1, -0.05) is 30.0 Å². The highest BCUT2D eigenvalue weighted by atomic mass is 32.2. The number of hydrogen-bond donors (Lipinski definition) is 1. The van der Waals surface area contributed by atoms with Crippen LogP contribution in [0.25, 0.3) is 0 Å². The molecule has 0 unspecified atom stereocenters. The number of anilines is 1. The normalized spacial score (nSPS) is 10.5. The number of nitrogens with one attached hydrogen (secondary N) is 1. The van der Waals surface area contributed by atoms with Gasteiger partial charge >= 0.3 is 0 Å². The third-order valence-electron chi connectivity index (χ3n) is 2.30. The van der Waals surface area contributed by atoms with Crippen LogP contribution in [-0.4, -0.2) is 27.5 Å². The summed E-state index contributed by atoms with van der Waals surface area (Å²) >= 11 is 3.38. The highest BCUT2D eigenvalue weighted by Gasteiger charge is 2.03. The second kappa shape index (κ2) is 7.33. The van der Waals surface area contributed by atoms with Gasteiger partial charge in [-0.2, -0.15) is 0 Å². The van der Waals surface area contributed by atoms with Gasteiger partial charge in [0.1, 0.15) is 0 Å². The zero-order valence-corrected chi connectivity index (χ0v) is 11.9. The predicted octanol–water partition coefficient (Wildman–Crippen LogP) is 3.09. The molecule has 6 heteroatoms. The Labute approximate surface area is 115 Å². The molecule has 0 aliphatic heterocycles. The summed E-state index contributed by atoms with van der Waals surface area (Å²) in [4.78, 5) is 4.01. The van der Waals surface area contributed by atoms with Gasteiger partial charge in [0, 0.05) is 24.7 Å². The lowest BCUT2D eigenvalue weighted by atomic mass is 10.2. The fourth-order valence-corrected chi connectivity index (χ4v) is 3.21. The Kier molecular flexibility index (Phi) is 5.41. The van der Waals surface area contributed by atoms with Crippen LogP contribution in [0.4, 0.5) is 5.13 Å². The van der Waals surface area contributed by atoms with Crippen molar-refractivity contribution in [3.63, 3.8) is 0 Å². The number of aryl methyl sites for hydroxylation is 1. The second-order valence-corrected chi connectivity index (χ2v) is 6.07. The molecule has 0 spiro atoms. The van der Waals surface area contributed by atoms with Crippen LogP contribution in [-0.2, 0) is 6.42 Å². The van der Waals surface area contributed by atoms with Crippen LogP contribution in [0.15, 0.2) is 28.9 Å². The van der Waals surface area contributed by atoms with Crippen LogP contribution in [0.3, 0.4) is 0 Å². The maximum absolute atomic E-state index is 4.16. The molecule has 0 aliphatic carbocycles. The molecular formula is C12H16N4S2. The van der Waals surface area contributed by atoms with E-state index in [2.05, 4.69) is 39.6 Å². The number of thioether (sulfide) groups is 1. The Hall–Kier alpha value is -1.14. The van der Waals surface area contributed by atoms with E-state index in [9.17, 15) is 0 Å². The minimum atomic E-state index is 0.920. The Morgan fingerprint density at radius 2 is 2.11 bits per heavy atom. The molecule has 0 bridgehead atoms. The van der Waals surface area contributed by atoms with E-state index < -0.39 is 0 Å². The molecule has 96 valence electrons. The molecule has 0 radical (unpaired) electrons. The summed E-state index contributed by atoms with van der Waals surface area (Å²) in [6.45, 7) is 3.09. The summed E-state index contributed by atoms with van der Waals surface area (Å²) in [5.41, 5.74) is 1.31. The Morgan fingerprint density at radius 1 is 1.28 bits per heavy atom. The van der Waals surface area contributed by atoms with Gasteiger partial charge in [0.25, 0.3) is 0 Å². The van der Waals surface area contributed by atoms with Crippen LogP contribution in [0.2, 0.25) is 0 Å². The highest BCUT2D eigenvalue weighted by molar-refractivity contribution is 8.01. The van der Waals surface area contributed by atoms with Crippen LogP contribution < -0.4 is 5.32 Å². The van der Waals surface area contributed by atoms with Gasteiger partial charge in [-0.25, -0.2) is 0 Å². The number of nitrogens with zero attached hydrogens (tertiary/aromatic N) is 3. The summed E-state index contributed by atoms with van der Waals surface area (Å²) in [5.74, 6) is 1.02. The van der Waals surface area contributed by atoms with Crippen molar-refractivity contribution in [1.82, 2.24) is 15.2 Å². The molecule has 4 nitrogen and oxygen atoms in total. The standard InChI is InChI=1S/C12H16N4S2/c1-2-6-14-11-15-16-12(18-11)17-9-5-10-3-7-13-8-4-10/h3-4,7-8H,2,5-6,9H2,1H3,(H,14,15). The summed E-state index contributed by atoms with van der Waals surface area (Å²) in [7, 11) is 0. The molecule has 0 atom stereocenters. The SMILES string of the molecule is CCCNc1nnc(SCCc2ccncc2)s1. The zero-order chi connectivity index (χ0) is 12.6. The largest absolute Gasteiger partial charge is 0.360 e. The number of rotatable bonds is 7. The minimum Gasteiger partial charge on any atom is -0.360 e. The number of pyridine rings is 1. The van der Waals surface area contributed by atoms with Gasteiger partial charge < -0.3 is 5.32 Å². The monoisotopic (exact) mass is 280 g/mol. The molecule has 1 N–H and O–H groups in total. The maximum atomic E-state index is 4.16.